The number of hydrogen-bond acceptors (Lipinski definition) is 5. The topological polar surface area (TPSA) is 68.0 Å². The van der Waals surface area contributed by atoms with Gasteiger partial charge in [0.15, 0.2) is 0 Å². The van der Waals surface area contributed by atoms with Crippen molar-refractivity contribution < 1.29 is 14.3 Å². The van der Waals surface area contributed by atoms with E-state index in [-0.39, 0.29) is 5.91 Å². The third-order valence-corrected chi connectivity index (χ3v) is 5.26. The summed E-state index contributed by atoms with van der Waals surface area (Å²) in [6, 6.07) is 5.82. The van der Waals surface area contributed by atoms with Crippen LogP contribution in [-0.2, 0) is 21.5 Å². The SMILES string of the molecule is COCCN1CCN(C(=O)C2(N)CCc3c(OC)cccc32)CC1. The zero-order valence-corrected chi connectivity index (χ0v) is 14.6. The van der Waals surface area contributed by atoms with Gasteiger partial charge < -0.3 is 20.1 Å². The Morgan fingerprint density at radius 1 is 1.25 bits per heavy atom. The quantitative estimate of drug-likeness (QED) is 0.854. The molecule has 0 aromatic heterocycles. The monoisotopic (exact) mass is 333 g/mol. The molecule has 0 radical (unpaired) electrons. The summed E-state index contributed by atoms with van der Waals surface area (Å²) in [5.74, 6) is 0.873. The van der Waals surface area contributed by atoms with Gasteiger partial charge in [-0.1, -0.05) is 12.1 Å². The molecular weight excluding hydrogens is 306 g/mol. The van der Waals surface area contributed by atoms with Crippen molar-refractivity contribution in [3.8, 4) is 5.75 Å². The van der Waals surface area contributed by atoms with E-state index in [9.17, 15) is 4.79 Å². The molecule has 1 aliphatic heterocycles. The van der Waals surface area contributed by atoms with Crippen LogP contribution in [0.1, 0.15) is 17.5 Å². The number of ether oxygens (including phenoxy) is 2. The summed E-state index contributed by atoms with van der Waals surface area (Å²) in [4.78, 5) is 17.4. The maximum absolute atomic E-state index is 13.1. The smallest absolute Gasteiger partial charge is 0.247 e. The number of methoxy groups -OCH3 is 2. The van der Waals surface area contributed by atoms with Crippen molar-refractivity contribution in [2.75, 3.05) is 53.6 Å². The van der Waals surface area contributed by atoms with E-state index in [1.807, 2.05) is 23.1 Å². The number of hydrogen-bond donors (Lipinski definition) is 1. The molecule has 0 saturated carbocycles. The first-order valence-corrected chi connectivity index (χ1v) is 8.56. The maximum atomic E-state index is 13.1. The molecule has 3 rings (SSSR count). The Hall–Kier alpha value is -1.63. The largest absolute Gasteiger partial charge is 0.496 e. The summed E-state index contributed by atoms with van der Waals surface area (Å²) in [5, 5.41) is 0. The highest BCUT2D eigenvalue weighted by molar-refractivity contribution is 5.89. The van der Waals surface area contributed by atoms with E-state index in [1.54, 1.807) is 14.2 Å². The maximum Gasteiger partial charge on any atom is 0.247 e. The number of amides is 1. The van der Waals surface area contributed by atoms with Gasteiger partial charge in [-0.2, -0.15) is 0 Å². The summed E-state index contributed by atoms with van der Waals surface area (Å²) in [7, 11) is 3.37. The van der Waals surface area contributed by atoms with E-state index in [1.165, 1.54) is 0 Å². The Morgan fingerprint density at radius 3 is 2.67 bits per heavy atom. The molecule has 1 unspecified atom stereocenters. The number of nitrogens with zero attached hydrogens (tertiary/aromatic N) is 2. The lowest BCUT2D eigenvalue weighted by Gasteiger charge is -2.38. The molecule has 6 nitrogen and oxygen atoms in total. The van der Waals surface area contributed by atoms with E-state index in [0.717, 1.165) is 62.6 Å². The number of piperazine rings is 1. The second kappa shape index (κ2) is 7.09. The van der Waals surface area contributed by atoms with E-state index in [2.05, 4.69) is 4.90 Å². The molecule has 1 atom stereocenters. The minimum atomic E-state index is -0.918. The molecule has 132 valence electrons. The Kier molecular flexibility index (Phi) is 5.08. The summed E-state index contributed by atoms with van der Waals surface area (Å²) < 4.78 is 10.6. The van der Waals surface area contributed by atoms with Gasteiger partial charge in [0.25, 0.3) is 0 Å². The lowest BCUT2D eigenvalue weighted by molar-refractivity contribution is -0.139. The first kappa shape index (κ1) is 17.2. The molecule has 2 aliphatic rings. The average molecular weight is 333 g/mol. The first-order chi connectivity index (χ1) is 11.6. The Balaban J connectivity index is 1.71. The Morgan fingerprint density at radius 2 is 2.00 bits per heavy atom. The van der Waals surface area contributed by atoms with Crippen LogP contribution in [0.2, 0.25) is 0 Å². The van der Waals surface area contributed by atoms with Gasteiger partial charge in [0.05, 0.1) is 13.7 Å². The predicted molar refractivity (Wildman–Crippen MR) is 92.1 cm³/mol. The molecule has 1 aliphatic carbocycles. The summed E-state index contributed by atoms with van der Waals surface area (Å²) in [6.07, 6.45) is 1.43. The highest BCUT2D eigenvalue weighted by Gasteiger charge is 2.45. The number of nitrogens with two attached hydrogens (primary N) is 1. The van der Waals surface area contributed by atoms with Crippen LogP contribution in [-0.4, -0.2) is 69.3 Å². The zero-order valence-electron chi connectivity index (χ0n) is 14.6. The Bertz CT molecular complexity index is 599. The number of benzene rings is 1. The number of carbonyl (C=O) groups is 1. The molecule has 2 N–H and O–H groups in total. The van der Waals surface area contributed by atoms with E-state index < -0.39 is 5.54 Å². The van der Waals surface area contributed by atoms with Gasteiger partial charge in [-0.25, -0.2) is 0 Å². The molecular formula is C18H27N3O3. The van der Waals surface area contributed by atoms with Gasteiger partial charge >= 0.3 is 0 Å². The second-order valence-electron chi connectivity index (χ2n) is 6.58. The van der Waals surface area contributed by atoms with E-state index in [0.29, 0.717) is 6.42 Å². The minimum Gasteiger partial charge on any atom is -0.496 e. The van der Waals surface area contributed by atoms with Crippen molar-refractivity contribution in [1.29, 1.82) is 0 Å². The number of rotatable bonds is 5. The predicted octanol–water partition coefficient (Wildman–Crippen LogP) is 0.586. The highest BCUT2D eigenvalue weighted by atomic mass is 16.5. The summed E-state index contributed by atoms with van der Waals surface area (Å²) >= 11 is 0. The van der Waals surface area contributed by atoms with Crippen LogP contribution in [0.25, 0.3) is 0 Å². The van der Waals surface area contributed by atoms with Gasteiger partial charge in [-0.05, 0) is 30.0 Å². The van der Waals surface area contributed by atoms with Crippen LogP contribution in [0.5, 0.6) is 5.75 Å². The van der Waals surface area contributed by atoms with Crippen LogP contribution in [0.4, 0.5) is 0 Å². The van der Waals surface area contributed by atoms with Crippen LogP contribution >= 0.6 is 0 Å². The molecule has 1 amide bonds. The van der Waals surface area contributed by atoms with Gasteiger partial charge in [0.2, 0.25) is 5.91 Å². The van der Waals surface area contributed by atoms with E-state index >= 15 is 0 Å². The Labute approximate surface area is 143 Å². The summed E-state index contributed by atoms with van der Waals surface area (Å²) in [5.41, 5.74) is 7.69. The molecule has 6 heteroatoms. The van der Waals surface area contributed by atoms with Gasteiger partial charge in [0.1, 0.15) is 11.3 Å². The minimum absolute atomic E-state index is 0.0425. The fourth-order valence-corrected chi connectivity index (χ4v) is 3.79. The van der Waals surface area contributed by atoms with Crippen LogP contribution in [0.15, 0.2) is 18.2 Å². The molecule has 1 fully saturated rings. The van der Waals surface area contributed by atoms with Gasteiger partial charge in [-0.3, -0.25) is 9.69 Å². The second-order valence-corrected chi connectivity index (χ2v) is 6.58. The average Bonchev–Trinajstić information content (AvgIpc) is 2.98. The van der Waals surface area contributed by atoms with Crippen molar-refractivity contribution in [3.63, 3.8) is 0 Å². The van der Waals surface area contributed by atoms with Crippen molar-refractivity contribution >= 4 is 5.91 Å². The normalized spacial score (nSPS) is 24.0. The van der Waals surface area contributed by atoms with Gasteiger partial charge in [-0.15, -0.1) is 0 Å². The zero-order chi connectivity index (χ0) is 17.2. The summed E-state index contributed by atoms with van der Waals surface area (Å²) in [6.45, 7) is 4.82. The van der Waals surface area contributed by atoms with Crippen molar-refractivity contribution in [2.45, 2.75) is 18.4 Å². The van der Waals surface area contributed by atoms with Crippen LogP contribution < -0.4 is 10.5 Å². The van der Waals surface area contributed by atoms with Crippen molar-refractivity contribution in [3.05, 3.63) is 29.3 Å². The molecule has 1 aromatic carbocycles. The lowest BCUT2D eigenvalue weighted by Crippen LogP contribution is -2.57. The van der Waals surface area contributed by atoms with Crippen molar-refractivity contribution in [1.82, 2.24) is 9.80 Å². The number of fused-ring (bicyclic) bond motifs is 1. The molecule has 1 heterocycles. The third kappa shape index (κ3) is 3.01. The number of carbonyl (C=O) groups excluding carboxylic acids is 1. The molecule has 24 heavy (non-hydrogen) atoms. The third-order valence-electron chi connectivity index (χ3n) is 5.26. The molecule has 0 bridgehead atoms. The highest BCUT2D eigenvalue weighted by Crippen LogP contribution is 2.40. The standard InChI is InChI=1S/C18H27N3O3/c1-23-13-12-20-8-10-21(11-9-20)17(22)18(19)7-6-14-15(18)4-3-5-16(14)24-2/h3-5H,6-13,19H2,1-2H3. The van der Waals surface area contributed by atoms with Crippen LogP contribution in [0.3, 0.4) is 0 Å². The van der Waals surface area contributed by atoms with Crippen molar-refractivity contribution in [2.24, 2.45) is 5.73 Å². The lowest BCUT2D eigenvalue weighted by atomic mass is 9.91. The van der Waals surface area contributed by atoms with Crippen LogP contribution in [0, 0.1) is 0 Å². The van der Waals surface area contributed by atoms with Gasteiger partial charge in [0, 0.05) is 39.8 Å². The van der Waals surface area contributed by atoms with E-state index in [4.69, 9.17) is 15.2 Å². The fraction of sp³-hybridized carbons (Fsp3) is 0.611. The molecule has 1 saturated heterocycles. The molecule has 1 aromatic rings. The first-order valence-electron chi connectivity index (χ1n) is 8.56. The molecule has 0 spiro atoms. The fourth-order valence-electron chi connectivity index (χ4n) is 3.79.